The van der Waals surface area contributed by atoms with Crippen LogP contribution >= 0.6 is 34.8 Å². The number of hydrogen-bond donors (Lipinski definition) is 0. The van der Waals surface area contributed by atoms with Crippen LogP contribution in [0.5, 0.6) is 5.75 Å². The Kier molecular flexibility index (Phi) is 4.96. The molecule has 3 rings (SSSR count). The number of carbonyl (C=O) groups is 2. The summed E-state index contributed by atoms with van der Waals surface area (Å²) in [5.41, 5.74) is 2.42. The molecule has 7 heteroatoms. The second-order valence-electron chi connectivity index (χ2n) is 5.79. The summed E-state index contributed by atoms with van der Waals surface area (Å²) in [4.78, 5) is 25.7. The molecule has 1 aliphatic heterocycles. The van der Waals surface area contributed by atoms with E-state index in [1.54, 1.807) is 0 Å². The summed E-state index contributed by atoms with van der Waals surface area (Å²) < 4.78 is 5.71. The predicted octanol–water partition coefficient (Wildman–Crippen LogP) is 4.87. The van der Waals surface area contributed by atoms with Gasteiger partial charge in [-0.1, -0.05) is 34.8 Å². The number of aryl methyl sites for hydroxylation is 2. The second-order valence-corrected chi connectivity index (χ2v) is 7.01. The maximum absolute atomic E-state index is 12.2. The third-order valence-electron chi connectivity index (χ3n) is 3.98. The summed E-state index contributed by atoms with van der Waals surface area (Å²) >= 11 is 18.2. The van der Waals surface area contributed by atoms with Crippen molar-refractivity contribution in [1.29, 1.82) is 0 Å². The van der Waals surface area contributed by atoms with E-state index in [-0.39, 0.29) is 23.7 Å². The first-order valence-corrected chi connectivity index (χ1v) is 8.67. The SMILES string of the molecule is Cc1cc(OCCN2C(=O)C(=O)c3cc(Cl)cc(Cl)c32)cc(C)c1Cl. The fourth-order valence-electron chi connectivity index (χ4n) is 2.81. The predicted molar refractivity (Wildman–Crippen MR) is 99.6 cm³/mol. The first-order chi connectivity index (χ1) is 11.8. The minimum Gasteiger partial charge on any atom is -0.492 e. The molecule has 4 nitrogen and oxygen atoms in total. The smallest absolute Gasteiger partial charge is 0.299 e. The zero-order valence-electron chi connectivity index (χ0n) is 13.5. The van der Waals surface area contributed by atoms with E-state index >= 15 is 0 Å². The molecule has 0 N–H and O–H groups in total. The van der Waals surface area contributed by atoms with Crippen molar-refractivity contribution in [2.45, 2.75) is 13.8 Å². The molecule has 0 unspecified atom stereocenters. The van der Waals surface area contributed by atoms with Crippen molar-refractivity contribution in [2.75, 3.05) is 18.1 Å². The highest BCUT2D eigenvalue weighted by atomic mass is 35.5. The fraction of sp³-hybridized carbons (Fsp3) is 0.222. The summed E-state index contributed by atoms with van der Waals surface area (Å²) in [5.74, 6) is -0.594. The number of amides is 1. The average molecular weight is 399 g/mol. The molecule has 25 heavy (non-hydrogen) atoms. The molecule has 1 heterocycles. The topological polar surface area (TPSA) is 46.6 Å². The lowest BCUT2D eigenvalue weighted by atomic mass is 10.1. The van der Waals surface area contributed by atoms with Gasteiger partial charge in [0.25, 0.3) is 11.7 Å². The van der Waals surface area contributed by atoms with Crippen LogP contribution in [0.4, 0.5) is 5.69 Å². The molecule has 2 aromatic rings. The molecule has 1 aliphatic rings. The van der Waals surface area contributed by atoms with Gasteiger partial charge in [0.05, 0.1) is 22.8 Å². The monoisotopic (exact) mass is 397 g/mol. The zero-order chi connectivity index (χ0) is 18.3. The zero-order valence-corrected chi connectivity index (χ0v) is 15.8. The Balaban J connectivity index is 1.77. The molecule has 1 amide bonds. The normalized spacial score (nSPS) is 13.4. The quantitative estimate of drug-likeness (QED) is 0.690. The number of anilines is 1. The summed E-state index contributed by atoms with van der Waals surface area (Å²) in [6.07, 6.45) is 0. The highest BCUT2D eigenvalue weighted by Gasteiger charge is 2.37. The van der Waals surface area contributed by atoms with Gasteiger partial charge in [-0.2, -0.15) is 0 Å². The Hall–Kier alpha value is -1.75. The third-order valence-corrected chi connectivity index (χ3v) is 5.08. The van der Waals surface area contributed by atoms with Crippen LogP contribution in [0.1, 0.15) is 21.5 Å². The maximum Gasteiger partial charge on any atom is 0.299 e. The van der Waals surface area contributed by atoms with Crippen molar-refractivity contribution in [2.24, 2.45) is 0 Å². The van der Waals surface area contributed by atoms with Crippen LogP contribution in [-0.2, 0) is 4.79 Å². The molecule has 0 saturated heterocycles. The lowest BCUT2D eigenvalue weighted by molar-refractivity contribution is -0.114. The Morgan fingerprint density at radius 1 is 1.00 bits per heavy atom. The summed E-state index contributed by atoms with van der Waals surface area (Å²) in [7, 11) is 0. The van der Waals surface area contributed by atoms with E-state index in [2.05, 4.69) is 0 Å². The van der Waals surface area contributed by atoms with Gasteiger partial charge < -0.3 is 4.74 Å². The minimum absolute atomic E-state index is 0.194. The average Bonchev–Trinajstić information content (AvgIpc) is 2.78. The largest absolute Gasteiger partial charge is 0.492 e. The summed E-state index contributed by atoms with van der Waals surface area (Å²) in [6, 6.07) is 6.61. The van der Waals surface area contributed by atoms with Gasteiger partial charge in [0.15, 0.2) is 0 Å². The Bertz CT molecular complexity index is 872. The number of carbonyl (C=O) groups excluding carboxylic acids is 2. The number of halogens is 3. The Labute approximate surface area is 160 Å². The standard InChI is InChI=1S/C18H14Cl3NO3/c1-9-5-12(6-10(2)15(9)21)25-4-3-22-16-13(17(23)18(22)24)7-11(19)8-14(16)20/h5-8H,3-4H2,1-2H3. The van der Waals surface area contributed by atoms with E-state index < -0.39 is 11.7 Å². The first-order valence-electron chi connectivity index (χ1n) is 7.54. The van der Waals surface area contributed by atoms with Crippen molar-refractivity contribution in [3.05, 3.63) is 56.0 Å². The Morgan fingerprint density at radius 3 is 2.28 bits per heavy atom. The fourth-order valence-corrected chi connectivity index (χ4v) is 3.51. The molecule has 0 aliphatic carbocycles. The van der Waals surface area contributed by atoms with Crippen molar-refractivity contribution in [1.82, 2.24) is 0 Å². The summed E-state index contributed by atoms with van der Waals surface area (Å²) in [5, 5.41) is 1.28. The lowest BCUT2D eigenvalue weighted by Gasteiger charge is -2.18. The molecule has 0 bridgehead atoms. The first kappa shape index (κ1) is 18.1. The molecular formula is C18H14Cl3NO3. The number of fused-ring (bicyclic) bond motifs is 1. The minimum atomic E-state index is -0.633. The lowest BCUT2D eigenvalue weighted by Crippen LogP contribution is -2.33. The van der Waals surface area contributed by atoms with Gasteiger partial charge in [0.1, 0.15) is 12.4 Å². The van der Waals surface area contributed by atoms with E-state index in [4.69, 9.17) is 39.5 Å². The van der Waals surface area contributed by atoms with E-state index in [0.29, 0.717) is 21.5 Å². The highest BCUT2D eigenvalue weighted by molar-refractivity contribution is 6.54. The number of ketones is 1. The Morgan fingerprint density at radius 2 is 1.64 bits per heavy atom. The molecule has 130 valence electrons. The maximum atomic E-state index is 12.2. The molecule has 0 aromatic heterocycles. The molecule has 2 aromatic carbocycles. The number of nitrogens with zero attached hydrogens (tertiary/aromatic N) is 1. The van der Waals surface area contributed by atoms with E-state index in [1.165, 1.54) is 17.0 Å². The van der Waals surface area contributed by atoms with Gasteiger partial charge in [-0.15, -0.1) is 0 Å². The van der Waals surface area contributed by atoms with Crippen LogP contribution in [-0.4, -0.2) is 24.8 Å². The molecule has 0 radical (unpaired) electrons. The third kappa shape index (κ3) is 3.34. The number of rotatable bonds is 4. The molecular weight excluding hydrogens is 385 g/mol. The van der Waals surface area contributed by atoms with Crippen molar-refractivity contribution < 1.29 is 14.3 Å². The number of benzene rings is 2. The van der Waals surface area contributed by atoms with Crippen LogP contribution in [0.3, 0.4) is 0 Å². The molecule has 0 saturated carbocycles. The van der Waals surface area contributed by atoms with E-state index in [9.17, 15) is 9.59 Å². The molecule has 0 atom stereocenters. The van der Waals surface area contributed by atoms with Crippen molar-refractivity contribution >= 4 is 52.2 Å². The van der Waals surface area contributed by atoms with Crippen LogP contribution in [0.25, 0.3) is 0 Å². The van der Waals surface area contributed by atoms with Crippen LogP contribution in [0, 0.1) is 13.8 Å². The second kappa shape index (κ2) is 6.87. The summed E-state index contributed by atoms with van der Waals surface area (Å²) in [6.45, 7) is 4.19. The van der Waals surface area contributed by atoms with E-state index in [0.717, 1.165) is 11.1 Å². The van der Waals surface area contributed by atoms with Gasteiger partial charge in [0, 0.05) is 10.0 Å². The molecule has 0 spiro atoms. The van der Waals surface area contributed by atoms with Gasteiger partial charge in [-0.3, -0.25) is 14.5 Å². The number of Topliss-reactive ketones (excluding diaryl/α,β-unsaturated/α-hetero) is 1. The number of ether oxygens (including phenoxy) is 1. The highest BCUT2D eigenvalue weighted by Crippen LogP contribution is 2.38. The molecule has 0 fully saturated rings. The van der Waals surface area contributed by atoms with Crippen molar-refractivity contribution in [3.8, 4) is 5.75 Å². The van der Waals surface area contributed by atoms with Gasteiger partial charge in [0.2, 0.25) is 0 Å². The van der Waals surface area contributed by atoms with Gasteiger partial charge in [-0.05, 0) is 49.2 Å². The number of hydrogen-bond acceptors (Lipinski definition) is 3. The van der Waals surface area contributed by atoms with Crippen LogP contribution in [0.2, 0.25) is 15.1 Å². The van der Waals surface area contributed by atoms with E-state index in [1.807, 2.05) is 26.0 Å². The van der Waals surface area contributed by atoms with Gasteiger partial charge in [-0.25, -0.2) is 0 Å². The van der Waals surface area contributed by atoms with Crippen molar-refractivity contribution in [3.63, 3.8) is 0 Å². The van der Waals surface area contributed by atoms with Crippen LogP contribution < -0.4 is 9.64 Å². The van der Waals surface area contributed by atoms with Gasteiger partial charge >= 0.3 is 0 Å². The van der Waals surface area contributed by atoms with Crippen LogP contribution in [0.15, 0.2) is 24.3 Å².